The van der Waals surface area contributed by atoms with E-state index in [4.69, 9.17) is 0 Å². The molecule has 0 aliphatic carbocycles. The molecule has 0 radical (unpaired) electrons. The lowest BCUT2D eigenvalue weighted by molar-refractivity contribution is -0.116. The van der Waals surface area contributed by atoms with E-state index in [1.54, 1.807) is 13.1 Å². The minimum Gasteiger partial charge on any atom is -0.332 e. The first-order valence-electron chi connectivity index (χ1n) is 7.32. The molecule has 3 rings (SSSR count). The maximum atomic E-state index is 13.1. The van der Waals surface area contributed by atoms with Gasteiger partial charge in [-0.3, -0.25) is 9.59 Å². The number of carbonyl (C=O) groups excluding carboxylic acids is 2. The van der Waals surface area contributed by atoms with Crippen LogP contribution in [-0.4, -0.2) is 30.3 Å². The summed E-state index contributed by atoms with van der Waals surface area (Å²) in [6, 6.07) is 15.2. The van der Waals surface area contributed by atoms with E-state index in [9.17, 15) is 14.0 Å². The SMILES string of the molecule is CN(CC(=O)Nc1cccc(F)c1)C(=O)c1cc2ccccc2s1. The number of hydrogen-bond donors (Lipinski definition) is 1. The molecule has 2 amide bonds. The van der Waals surface area contributed by atoms with Crippen LogP contribution in [0.25, 0.3) is 10.1 Å². The first-order valence-corrected chi connectivity index (χ1v) is 8.14. The number of halogens is 1. The van der Waals surface area contributed by atoms with E-state index in [0.29, 0.717) is 10.6 Å². The quantitative estimate of drug-likeness (QED) is 0.785. The molecule has 0 fully saturated rings. The van der Waals surface area contributed by atoms with Crippen LogP contribution in [-0.2, 0) is 4.79 Å². The predicted octanol–water partition coefficient (Wildman–Crippen LogP) is 3.75. The normalized spacial score (nSPS) is 10.6. The van der Waals surface area contributed by atoms with Crippen LogP contribution in [0.5, 0.6) is 0 Å². The van der Waals surface area contributed by atoms with E-state index in [2.05, 4.69) is 5.32 Å². The number of likely N-dealkylation sites (N-methyl/N-ethyl adjacent to an activating group) is 1. The molecule has 3 aromatic rings. The summed E-state index contributed by atoms with van der Waals surface area (Å²) in [6.45, 7) is -0.108. The smallest absolute Gasteiger partial charge is 0.264 e. The Kier molecular flexibility index (Phi) is 4.57. The van der Waals surface area contributed by atoms with Gasteiger partial charge in [-0.15, -0.1) is 11.3 Å². The molecule has 0 unspecified atom stereocenters. The summed E-state index contributed by atoms with van der Waals surface area (Å²) in [4.78, 5) is 26.4. The summed E-state index contributed by atoms with van der Waals surface area (Å²) in [5.41, 5.74) is 0.364. The Balaban J connectivity index is 1.66. The van der Waals surface area contributed by atoms with Crippen LogP contribution >= 0.6 is 11.3 Å². The summed E-state index contributed by atoms with van der Waals surface area (Å²) in [7, 11) is 1.57. The van der Waals surface area contributed by atoms with Crippen molar-refractivity contribution in [3.63, 3.8) is 0 Å². The monoisotopic (exact) mass is 342 g/mol. The molecule has 0 saturated carbocycles. The number of anilines is 1. The van der Waals surface area contributed by atoms with Gasteiger partial charge in [-0.2, -0.15) is 0 Å². The second kappa shape index (κ2) is 6.80. The Morgan fingerprint density at radius 1 is 1.12 bits per heavy atom. The minimum absolute atomic E-state index is 0.108. The molecule has 122 valence electrons. The fourth-order valence-corrected chi connectivity index (χ4v) is 3.39. The molecule has 6 heteroatoms. The molecule has 1 N–H and O–H groups in total. The molecule has 4 nitrogen and oxygen atoms in total. The van der Waals surface area contributed by atoms with Gasteiger partial charge in [-0.25, -0.2) is 4.39 Å². The molecule has 1 heterocycles. The third kappa shape index (κ3) is 3.60. The zero-order chi connectivity index (χ0) is 17.1. The Bertz CT molecular complexity index is 874. The summed E-state index contributed by atoms with van der Waals surface area (Å²) >= 11 is 1.39. The second-order valence-corrected chi connectivity index (χ2v) is 6.45. The van der Waals surface area contributed by atoms with Crippen molar-refractivity contribution in [1.82, 2.24) is 4.90 Å². The summed E-state index contributed by atoms with van der Waals surface area (Å²) in [5, 5.41) is 3.58. The van der Waals surface area contributed by atoms with Crippen LogP contribution in [0, 0.1) is 5.82 Å². The summed E-state index contributed by atoms with van der Waals surface area (Å²) < 4.78 is 14.1. The van der Waals surface area contributed by atoms with Gasteiger partial charge in [-0.05, 0) is 35.7 Å². The fraction of sp³-hybridized carbons (Fsp3) is 0.111. The van der Waals surface area contributed by atoms with Crippen molar-refractivity contribution in [3.8, 4) is 0 Å². The van der Waals surface area contributed by atoms with Gasteiger partial charge < -0.3 is 10.2 Å². The van der Waals surface area contributed by atoms with Crippen molar-refractivity contribution in [2.45, 2.75) is 0 Å². The number of benzene rings is 2. The summed E-state index contributed by atoms with van der Waals surface area (Å²) in [6.07, 6.45) is 0. The molecule has 1 aromatic heterocycles. The molecule has 0 aliphatic rings. The molecule has 0 aliphatic heterocycles. The maximum absolute atomic E-state index is 13.1. The lowest BCUT2D eigenvalue weighted by Gasteiger charge is -2.15. The largest absolute Gasteiger partial charge is 0.332 e. The van der Waals surface area contributed by atoms with Gasteiger partial charge in [0.05, 0.1) is 11.4 Å². The van der Waals surface area contributed by atoms with Crippen molar-refractivity contribution < 1.29 is 14.0 Å². The number of nitrogens with zero attached hydrogens (tertiary/aromatic N) is 1. The van der Waals surface area contributed by atoms with Crippen LogP contribution in [0.4, 0.5) is 10.1 Å². The number of hydrogen-bond acceptors (Lipinski definition) is 3. The van der Waals surface area contributed by atoms with Crippen molar-refractivity contribution in [2.75, 3.05) is 18.9 Å². The molecule has 0 atom stereocenters. The number of rotatable bonds is 4. The van der Waals surface area contributed by atoms with E-state index >= 15 is 0 Å². The average molecular weight is 342 g/mol. The number of fused-ring (bicyclic) bond motifs is 1. The van der Waals surface area contributed by atoms with Gasteiger partial charge >= 0.3 is 0 Å². The Labute approximate surface area is 142 Å². The van der Waals surface area contributed by atoms with E-state index in [-0.39, 0.29) is 18.4 Å². The Hall–Kier alpha value is -2.73. The van der Waals surface area contributed by atoms with Crippen LogP contribution in [0.2, 0.25) is 0 Å². The van der Waals surface area contributed by atoms with Gasteiger partial charge in [0.25, 0.3) is 5.91 Å². The van der Waals surface area contributed by atoms with Crippen LogP contribution in [0.3, 0.4) is 0 Å². The highest BCUT2D eigenvalue weighted by Crippen LogP contribution is 2.26. The van der Waals surface area contributed by atoms with Crippen LogP contribution in [0.1, 0.15) is 9.67 Å². The van der Waals surface area contributed by atoms with Crippen molar-refractivity contribution in [3.05, 3.63) is 65.3 Å². The van der Waals surface area contributed by atoms with E-state index in [1.807, 2.05) is 30.3 Å². The highest BCUT2D eigenvalue weighted by molar-refractivity contribution is 7.20. The molecule has 0 bridgehead atoms. The lowest BCUT2D eigenvalue weighted by atomic mass is 10.2. The van der Waals surface area contributed by atoms with E-state index < -0.39 is 5.82 Å². The van der Waals surface area contributed by atoms with Crippen molar-refractivity contribution >= 4 is 38.9 Å². The Morgan fingerprint density at radius 3 is 2.67 bits per heavy atom. The first-order chi connectivity index (χ1) is 11.5. The molecule has 0 saturated heterocycles. The topological polar surface area (TPSA) is 49.4 Å². The molecule has 0 spiro atoms. The zero-order valence-electron chi connectivity index (χ0n) is 13.0. The van der Waals surface area contributed by atoms with Gasteiger partial charge in [-0.1, -0.05) is 24.3 Å². The highest BCUT2D eigenvalue weighted by atomic mass is 32.1. The van der Waals surface area contributed by atoms with Gasteiger partial charge in [0.1, 0.15) is 5.82 Å². The van der Waals surface area contributed by atoms with Gasteiger partial charge in [0.2, 0.25) is 5.91 Å². The molecule has 24 heavy (non-hydrogen) atoms. The number of amides is 2. The van der Waals surface area contributed by atoms with E-state index in [1.165, 1.54) is 34.4 Å². The predicted molar refractivity (Wildman–Crippen MR) is 93.8 cm³/mol. The third-order valence-electron chi connectivity index (χ3n) is 3.47. The van der Waals surface area contributed by atoms with Crippen LogP contribution in [0.15, 0.2) is 54.6 Å². The standard InChI is InChI=1S/C18H15FN2O2S/c1-21(11-17(22)20-14-7-4-6-13(19)10-14)18(23)16-9-12-5-2-3-8-15(12)24-16/h2-10H,11H2,1H3,(H,20,22). The minimum atomic E-state index is -0.428. The molecular weight excluding hydrogens is 327 g/mol. The van der Waals surface area contributed by atoms with Gasteiger partial charge in [0, 0.05) is 17.4 Å². The number of nitrogens with one attached hydrogen (secondary N) is 1. The first kappa shape index (κ1) is 16.1. The number of carbonyl (C=O) groups is 2. The highest BCUT2D eigenvalue weighted by Gasteiger charge is 2.17. The average Bonchev–Trinajstić information content (AvgIpc) is 2.97. The van der Waals surface area contributed by atoms with Crippen LogP contribution < -0.4 is 5.32 Å². The summed E-state index contributed by atoms with van der Waals surface area (Å²) in [5.74, 6) is -1.02. The fourth-order valence-electron chi connectivity index (χ4n) is 2.33. The zero-order valence-corrected chi connectivity index (χ0v) is 13.8. The van der Waals surface area contributed by atoms with Crippen molar-refractivity contribution in [1.29, 1.82) is 0 Å². The molecular formula is C18H15FN2O2S. The molecule has 2 aromatic carbocycles. The lowest BCUT2D eigenvalue weighted by Crippen LogP contribution is -2.34. The van der Waals surface area contributed by atoms with Crippen molar-refractivity contribution in [2.24, 2.45) is 0 Å². The maximum Gasteiger partial charge on any atom is 0.264 e. The Morgan fingerprint density at radius 2 is 1.92 bits per heavy atom. The second-order valence-electron chi connectivity index (χ2n) is 5.37. The third-order valence-corrected chi connectivity index (χ3v) is 4.58. The van der Waals surface area contributed by atoms with E-state index in [0.717, 1.165) is 10.1 Å². The number of thiophene rings is 1. The van der Waals surface area contributed by atoms with Gasteiger partial charge in [0.15, 0.2) is 0 Å².